The summed E-state index contributed by atoms with van der Waals surface area (Å²) >= 11 is 0. The number of non-ortho nitro benzene ring substituents is 1. The molecule has 0 radical (unpaired) electrons. The minimum absolute atomic E-state index is 0.00661. The molecule has 0 bridgehead atoms. The Morgan fingerprint density at radius 2 is 2.13 bits per heavy atom. The summed E-state index contributed by atoms with van der Waals surface area (Å²) in [4.78, 5) is 28.4. The largest absolute Gasteiger partial charge is 0.339 e. The van der Waals surface area contributed by atoms with Gasteiger partial charge in [0.1, 0.15) is 0 Å². The fourth-order valence-corrected chi connectivity index (χ4v) is 2.31. The number of benzene rings is 1. The van der Waals surface area contributed by atoms with Crippen LogP contribution in [0.5, 0.6) is 0 Å². The van der Waals surface area contributed by atoms with Crippen LogP contribution < -0.4 is 0 Å². The fourth-order valence-electron chi connectivity index (χ4n) is 2.31. The van der Waals surface area contributed by atoms with Crippen LogP contribution in [0.15, 0.2) is 48.8 Å². The fraction of sp³-hybridized carbons (Fsp3) is 0.294. The number of amides is 1. The van der Waals surface area contributed by atoms with Gasteiger partial charge >= 0.3 is 0 Å². The van der Waals surface area contributed by atoms with Crippen LogP contribution in [0.1, 0.15) is 30.5 Å². The molecule has 1 heterocycles. The van der Waals surface area contributed by atoms with E-state index in [1.807, 2.05) is 19.1 Å². The van der Waals surface area contributed by atoms with Gasteiger partial charge in [-0.1, -0.05) is 18.2 Å². The lowest BCUT2D eigenvalue weighted by atomic mass is 10.1. The first-order valence-corrected chi connectivity index (χ1v) is 7.38. The molecule has 120 valence electrons. The number of nitrogens with zero attached hydrogens (tertiary/aromatic N) is 3. The SMILES string of the molecule is CC(c1cccc([N+](=O)[O-])c1)N(C)C(=O)CCc1cccnc1. The van der Waals surface area contributed by atoms with Crippen molar-refractivity contribution in [1.82, 2.24) is 9.88 Å². The van der Waals surface area contributed by atoms with E-state index in [-0.39, 0.29) is 17.6 Å². The van der Waals surface area contributed by atoms with E-state index in [1.54, 1.807) is 36.5 Å². The standard InChI is InChI=1S/C17H19N3O3/c1-13(15-6-3-7-16(11-15)20(22)23)19(2)17(21)9-8-14-5-4-10-18-12-14/h3-7,10-13H,8-9H2,1-2H3. The first-order valence-electron chi connectivity index (χ1n) is 7.38. The van der Waals surface area contributed by atoms with Crippen molar-refractivity contribution in [2.45, 2.75) is 25.8 Å². The summed E-state index contributed by atoms with van der Waals surface area (Å²) in [5.74, 6) is -0.00661. The summed E-state index contributed by atoms with van der Waals surface area (Å²) in [7, 11) is 1.72. The predicted molar refractivity (Wildman–Crippen MR) is 86.8 cm³/mol. The zero-order chi connectivity index (χ0) is 16.8. The highest BCUT2D eigenvalue weighted by molar-refractivity contribution is 5.76. The molecule has 0 aliphatic rings. The Hall–Kier alpha value is -2.76. The van der Waals surface area contributed by atoms with Crippen LogP contribution >= 0.6 is 0 Å². The van der Waals surface area contributed by atoms with E-state index in [0.29, 0.717) is 12.8 Å². The molecular weight excluding hydrogens is 294 g/mol. The van der Waals surface area contributed by atoms with E-state index >= 15 is 0 Å². The predicted octanol–water partition coefficient (Wildman–Crippen LogP) is 3.14. The minimum Gasteiger partial charge on any atom is -0.339 e. The highest BCUT2D eigenvalue weighted by atomic mass is 16.6. The van der Waals surface area contributed by atoms with Gasteiger partial charge < -0.3 is 4.90 Å². The monoisotopic (exact) mass is 313 g/mol. The summed E-state index contributed by atoms with van der Waals surface area (Å²) in [6, 6.07) is 9.94. The molecular formula is C17H19N3O3. The Balaban J connectivity index is 2.01. The molecule has 23 heavy (non-hydrogen) atoms. The molecule has 0 fully saturated rings. The van der Waals surface area contributed by atoms with Crippen molar-refractivity contribution >= 4 is 11.6 Å². The number of carbonyl (C=O) groups excluding carboxylic acids is 1. The van der Waals surface area contributed by atoms with E-state index in [9.17, 15) is 14.9 Å². The Bertz CT molecular complexity index is 688. The molecule has 0 saturated heterocycles. The molecule has 1 atom stereocenters. The number of hydrogen-bond acceptors (Lipinski definition) is 4. The molecule has 1 aromatic carbocycles. The first kappa shape index (κ1) is 16.6. The van der Waals surface area contributed by atoms with Crippen LogP contribution in [0, 0.1) is 10.1 Å². The number of nitro groups is 1. The summed E-state index contributed by atoms with van der Waals surface area (Å²) in [5.41, 5.74) is 1.79. The molecule has 0 N–H and O–H groups in total. The second kappa shape index (κ2) is 7.49. The highest BCUT2D eigenvalue weighted by Gasteiger charge is 2.19. The van der Waals surface area contributed by atoms with Gasteiger partial charge in [0.05, 0.1) is 11.0 Å². The summed E-state index contributed by atoms with van der Waals surface area (Å²) in [5, 5.41) is 10.9. The zero-order valence-electron chi connectivity index (χ0n) is 13.2. The third kappa shape index (κ3) is 4.35. The van der Waals surface area contributed by atoms with Gasteiger partial charge in [-0.25, -0.2) is 0 Å². The molecule has 0 saturated carbocycles. The minimum atomic E-state index is -0.430. The Morgan fingerprint density at radius 1 is 1.35 bits per heavy atom. The van der Waals surface area contributed by atoms with Crippen molar-refractivity contribution < 1.29 is 9.72 Å². The van der Waals surface area contributed by atoms with Gasteiger partial charge in [0.15, 0.2) is 0 Å². The maximum absolute atomic E-state index is 12.3. The molecule has 6 heteroatoms. The zero-order valence-corrected chi connectivity index (χ0v) is 13.2. The molecule has 0 aliphatic carbocycles. The Labute approximate surface area is 134 Å². The lowest BCUT2D eigenvalue weighted by Crippen LogP contribution is -2.29. The normalized spacial score (nSPS) is 11.7. The number of carbonyl (C=O) groups is 1. The third-order valence-electron chi connectivity index (χ3n) is 3.89. The van der Waals surface area contributed by atoms with Crippen molar-refractivity contribution in [3.05, 3.63) is 70.0 Å². The van der Waals surface area contributed by atoms with Crippen molar-refractivity contribution in [3.8, 4) is 0 Å². The van der Waals surface area contributed by atoms with E-state index < -0.39 is 4.92 Å². The second-order valence-corrected chi connectivity index (χ2v) is 5.39. The molecule has 6 nitrogen and oxygen atoms in total. The van der Waals surface area contributed by atoms with Crippen LogP contribution in [0.2, 0.25) is 0 Å². The van der Waals surface area contributed by atoms with Crippen LogP contribution in [-0.4, -0.2) is 27.8 Å². The van der Waals surface area contributed by atoms with Crippen molar-refractivity contribution in [2.24, 2.45) is 0 Å². The average Bonchev–Trinajstić information content (AvgIpc) is 2.59. The molecule has 1 aromatic heterocycles. The number of pyridine rings is 1. The quantitative estimate of drug-likeness (QED) is 0.606. The van der Waals surface area contributed by atoms with E-state index in [0.717, 1.165) is 11.1 Å². The van der Waals surface area contributed by atoms with Crippen LogP contribution in [0.25, 0.3) is 0 Å². The lowest BCUT2D eigenvalue weighted by molar-refractivity contribution is -0.384. The summed E-state index contributed by atoms with van der Waals surface area (Å²) < 4.78 is 0. The lowest BCUT2D eigenvalue weighted by Gasteiger charge is -2.25. The summed E-state index contributed by atoms with van der Waals surface area (Å²) in [6.45, 7) is 1.86. The maximum atomic E-state index is 12.3. The van der Waals surface area contributed by atoms with Gasteiger partial charge in [-0.3, -0.25) is 19.9 Å². The number of rotatable bonds is 6. The van der Waals surface area contributed by atoms with Gasteiger partial charge in [0.2, 0.25) is 5.91 Å². The van der Waals surface area contributed by atoms with Gasteiger partial charge in [0.25, 0.3) is 5.69 Å². The first-order chi connectivity index (χ1) is 11.0. The van der Waals surface area contributed by atoms with Crippen LogP contribution in [-0.2, 0) is 11.2 Å². The smallest absolute Gasteiger partial charge is 0.269 e. The highest BCUT2D eigenvalue weighted by Crippen LogP contribution is 2.23. The van der Waals surface area contributed by atoms with Gasteiger partial charge in [-0.2, -0.15) is 0 Å². The van der Waals surface area contributed by atoms with Crippen molar-refractivity contribution in [2.75, 3.05) is 7.05 Å². The van der Waals surface area contributed by atoms with Gasteiger partial charge in [-0.05, 0) is 30.5 Å². The maximum Gasteiger partial charge on any atom is 0.269 e. The van der Waals surface area contributed by atoms with E-state index in [4.69, 9.17) is 0 Å². The average molecular weight is 313 g/mol. The van der Waals surface area contributed by atoms with E-state index in [1.165, 1.54) is 12.1 Å². The molecule has 2 aromatic rings. The summed E-state index contributed by atoms with van der Waals surface area (Å²) in [6.07, 6.45) is 4.44. The van der Waals surface area contributed by atoms with Crippen LogP contribution in [0.3, 0.4) is 0 Å². The topological polar surface area (TPSA) is 76.3 Å². The number of hydrogen-bond donors (Lipinski definition) is 0. The van der Waals surface area contributed by atoms with Gasteiger partial charge in [-0.15, -0.1) is 0 Å². The number of aromatic nitrogens is 1. The van der Waals surface area contributed by atoms with Crippen molar-refractivity contribution in [3.63, 3.8) is 0 Å². The molecule has 1 amide bonds. The second-order valence-electron chi connectivity index (χ2n) is 5.39. The number of aryl methyl sites for hydroxylation is 1. The van der Waals surface area contributed by atoms with Crippen molar-refractivity contribution in [1.29, 1.82) is 0 Å². The Morgan fingerprint density at radius 3 is 2.78 bits per heavy atom. The molecule has 2 rings (SSSR count). The Kier molecular flexibility index (Phi) is 5.41. The third-order valence-corrected chi connectivity index (χ3v) is 3.89. The molecule has 0 spiro atoms. The van der Waals surface area contributed by atoms with Crippen LogP contribution in [0.4, 0.5) is 5.69 Å². The van der Waals surface area contributed by atoms with E-state index in [2.05, 4.69) is 4.98 Å². The molecule has 0 aliphatic heterocycles. The number of nitro benzene ring substituents is 1. The molecule has 1 unspecified atom stereocenters. The van der Waals surface area contributed by atoms with Gasteiger partial charge in [0, 0.05) is 38.0 Å².